The van der Waals surface area contributed by atoms with Gasteiger partial charge in [-0.05, 0) is 50.3 Å². The fraction of sp³-hybridized carbons (Fsp3) is 0.533. The van der Waals surface area contributed by atoms with Crippen LogP contribution in [0.2, 0.25) is 0 Å². The number of halogens is 1. The van der Waals surface area contributed by atoms with Crippen molar-refractivity contribution in [3.05, 3.63) is 35.1 Å². The Morgan fingerprint density at radius 1 is 1.32 bits per heavy atom. The number of amides is 2. The summed E-state index contributed by atoms with van der Waals surface area (Å²) in [4.78, 5) is 13.9. The molecule has 4 heteroatoms. The number of rotatable bonds is 2. The minimum atomic E-state index is -0.225. The predicted octanol–water partition coefficient (Wildman–Crippen LogP) is 3.39. The van der Waals surface area contributed by atoms with E-state index in [1.807, 2.05) is 17.9 Å². The minimum Gasteiger partial charge on any atom is -0.331 e. The first-order valence-corrected chi connectivity index (χ1v) is 6.89. The summed E-state index contributed by atoms with van der Waals surface area (Å²) in [6.07, 6.45) is 3.34. The van der Waals surface area contributed by atoms with Crippen molar-refractivity contribution in [2.75, 3.05) is 13.1 Å². The summed E-state index contributed by atoms with van der Waals surface area (Å²) in [7, 11) is 0. The summed E-state index contributed by atoms with van der Waals surface area (Å²) < 4.78 is 13.5. The van der Waals surface area contributed by atoms with Crippen LogP contribution in [-0.2, 0) is 0 Å². The average molecular weight is 264 g/mol. The number of urea groups is 1. The summed E-state index contributed by atoms with van der Waals surface area (Å²) in [5, 5.41) is 2.93. The summed E-state index contributed by atoms with van der Waals surface area (Å²) in [5.74, 6) is -0.225. The van der Waals surface area contributed by atoms with E-state index < -0.39 is 0 Å². The Bertz CT molecular complexity index is 455. The Labute approximate surface area is 113 Å². The Morgan fingerprint density at radius 3 is 2.63 bits per heavy atom. The van der Waals surface area contributed by atoms with Crippen LogP contribution in [0.1, 0.15) is 43.4 Å². The second-order valence-electron chi connectivity index (χ2n) is 5.23. The third-order valence-corrected chi connectivity index (χ3v) is 3.68. The standard InChI is InChI=1S/C15H21FN2O/c1-11-6-7-13(10-14(11)16)12(2)17-15(19)18-8-4-3-5-9-18/h6-7,10,12H,3-5,8-9H2,1-2H3,(H,17,19). The number of benzene rings is 1. The Kier molecular flexibility index (Phi) is 4.40. The lowest BCUT2D eigenvalue weighted by atomic mass is 10.1. The van der Waals surface area contributed by atoms with Crippen molar-refractivity contribution >= 4 is 6.03 Å². The van der Waals surface area contributed by atoms with Crippen molar-refractivity contribution in [3.63, 3.8) is 0 Å². The molecular formula is C15H21FN2O. The highest BCUT2D eigenvalue weighted by atomic mass is 19.1. The lowest BCUT2D eigenvalue weighted by Crippen LogP contribution is -2.43. The lowest BCUT2D eigenvalue weighted by Gasteiger charge is -2.28. The van der Waals surface area contributed by atoms with Crippen LogP contribution in [0.25, 0.3) is 0 Å². The fourth-order valence-corrected chi connectivity index (χ4v) is 2.34. The van der Waals surface area contributed by atoms with E-state index in [4.69, 9.17) is 0 Å². The van der Waals surface area contributed by atoms with Gasteiger partial charge >= 0.3 is 6.03 Å². The molecule has 0 aliphatic carbocycles. The van der Waals surface area contributed by atoms with Gasteiger partial charge in [0, 0.05) is 13.1 Å². The average Bonchev–Trinajstić information content (AvgIpc) is 2.42. The number of carbonyl (C=O) groups is 1. The highest BCUT2D eigenvalue weighted by molar-refractivity contribution is 5.74. The molecule has 0 aromatic heterocycles. The predicted molar refractivity (Wildman–Crippen MR) is 73.5 cm³/mol. The quantitative estimate of drug-likeness (QED) is 0.872. The van der Waals surface area contributed by atoms with Crippen molar-refractivity contribution in [2.24, 2.45) is 0 Å². The van der Waals surface area contributed by atoms with Gasteiger partial charge < -0.3 is 10.2 Å². The molecule has 0 radical (unpaired) electrons. The van der Waals surface area contributed by atoms with E-state index in [1.54, 1.807) is 13.0 Å². The molecule has 1 aromatic carbocycles. The number of carbonyl (C=O) groups excluding carboxylic acids is 1. The maximum atomic E-state index is 13.5. The topological polar surface area (TPSA) is 32.3 Å². The maximum absolute atomic E-state index is 13.5. The van der Waals surface area contributed by atoms with Crippen molar-refractivity contribution in [2.45, 2.75) is 39.2 Å². The maximum Gasteiger partial charge on any atom is 0.317 e. The monoisotopic (exact) mass is 264 g/mol. The van der Waals surface area contributed by atoms with E-state index in [-0.39, 0.29) is 17.9 Å². The molecule has 1 saturated heterocycles. The van der Waals surface area contributed by atoms with Gasteiger partial charge in [-0.2, -0.15) is 0 Å². The van der Waals surface area contributed by atoms with Crippen molar-refractivity contribution < 1.29 is 9.18 Å². The molecule has 1 aliphatic heterocycles. The van der Waals surface area contributed by atoms with Gasteiger partial charge in [0.2, 0.25) is 0 Å². The second-order valence-corrected chi connectivity index (χ2v) is 5.23. The van der Waals surface area contributed by atoms with Gasteiger partial charge in [-0.15, -0.1) is 0 Å². The second kappa shape index (κ2) is 6.04. The lowest BCUT2D eigenvalue weighted by molar-refractivity contribution is 0.183. The fourth-order valence-electron chi connectivity index (χ4n) is 2.34. The third kappa shape index (κ3) is 3.46. The Balaban J connectivity index is 1.97. The summed E-state index contributed by atoms with van der Waals surface area (Å²) in [6.45, 7) is 5.25. The van der Waals surface area contributed by atoms with Crippen LogP contribution in [0.3, 0.4) is 0 Å². The normalized spacial score (nSPS) is 17.1. The van der Waals surface area contributed by atoms with Crippen molar-refractivity contribution in [1.82, 2.24) is 10.2 Å². The van der Waals surface area contributed by atoms with Crippen LogP contribution in [0.5, 0.6) is 0 Å². The number of aryl methyl sites for hydroxylation is 1. The van der Waals surface area contributed by atoms with Crippen LogP contribution in [0, 0.1) is 12.7 Å². The van der Waals surface area contributed by atoms with E-state index >= 15 is 0 Å². The minimum absolute atomic E-state index is 0.0480. The number of nitrogens with one attached hydrogen (secondary N) is 1. The molecule has 3 nitrogen and oxygen atoms in total. The number of likely N-dealkylation sites (tertiary alicyclic amines) is 1. The molecule has 19 heavy (non-hydrogen) atoms. The number of hydrogen-bond donors (Lipinski definition) is 1. The van der Waals surface area contributed by atoms with E-state index in [2.05, 4.69) is 5.32 Å². The van der Waals surface area contributed by atoms with Crippen molar-refractivity contribution in [1.29, 1.82) is 0 Å². The molecule has 2 amide bonds. The number of nitrogens with zero attached hydrogens (tertiary/aromatic N) is 1. The van der Waals surface area contributed by atoms with E-state index in [0.29, 0.717) is 5.56 Å². The molecule has 104 valence electrons. The zero-order valence-electron chi connectivity index (χ0n) is 11.6. The molecule has 0 saturated carbocycles. The van der Waals surface area contributed by atoms with Gasteiger partial charge in [-0.1, -0.05) is 12.1 Å². The van der Waals surface area contributed by atoms with Crippen LogP contribution in [0.4, 0.5) is 9.18 Å². The van der Waals surface area contributed by atoms with Crippen molar-refractivity contribution in [3.8, 4) is 0 Å². The first-order chi connectivity index (χ1) is 9.08. The summed E-state index contributed by atoms with van der Waals surface area (Å²) >= 11 is 0. The van der Waals surface area contributed by atoms with E-state index in [1.165, 1.54) is 12.5 Å². The highest BCUT2D eigenvalue weighted by Crippen LogP contribution is 2.17. The molecular weight excluding hydrogens is 243 g/mol. The van der Waals surface area contributed by atoms with Gasteiger partial charge in [0.1, 0.15) is 5.82 Å². The van der Waals surface area contributed by atoms with Crippen LogP contribution in [-0.4, -0.2) is 24.0 Å². The van der Waals surface area contributed by atoms with E-state index in [9.17, 15) is 9.18 Å². The van der Waals surface area contributed by atoms with Crippen LogP contribution < -0.4 is 5.32 Å². The summed E-state index contributed by atoms with van der Waals surface area (Å²) in [5.41, 5.74) is 1.42. The van der Waals surface area contributed by atoms with Crippen LogP contribution in [0.15, 0.2) is 18.2 Å². The number of piperidine rings is 1. The van der Waals surface area contributed by atoms with Gasteiger partial charge in [-0.25, -0.2) is 9.18 Å². The highest BCUT2D eigenvalue weighted by Gasteiger charge is 2.18. The Hall–Kier alpha value is -1.58. The first kappa shape index (κ1) is 13.8. The molecule has 0 spiro atoms. The molecule has 1 unspecified atom stereocenters. The van der Waals surface area contributed by atoms with E-state index in [0.717, 1.165) is 31.5 Å². The molecule has 1 atom stereocenters. The zero-order valence-corrected chi connectivity index (χ0v) is 11.6. The summed E-state index contributed by atoms with van der Waals surface area (Å²) in [6, 6.07) is 4.88. The van der Waals surface area contributed by atoms with Gasteiger partial charge in [0.05, 0.1) is 6.04 Å². The van der Waals surface area contributed by atoms with Crippen LogP contribution >= 0.6 is 0 Å². The SMILES string of the molecule is Cc1ccc(C(C)NC(=O)N2CCCCC2)cc1F. The molecule has 1 aliphatic rings. The van der Waals surface area contributed by atoms with Gasteiger partial charge in [0.25, 0.3) is 0 Å². The zero-order chi connectivity index (χ0) is 13.8. The Morgan fingerprint density at radius 2 is 2.00 bits per heavy atom. The van der Waals surface area contributed by atoms with Gasteiger partial charge in [-0.3, -0.25) is 0 Å². The smallest absolute Gasteiger partial charge is 0.317 e. The molecule has 1 fully saturated rings. The first-order valence-electron chi connectivity index (χ1n) is 6.89. The molecule has 1 N–H and O–H groups in total. The third-order valence-electron chi connectivity index (χ3n) is 3.68. The molecule has 1 aromatic rings. The van der Waals surface area contributed by atoms with Gasteiger partial charge in [0.15, 0.2) is 0 Å². The largest absolute Gasteiger partial charge is 0.331 e. The molecule has 1 heterocycles. The molecule has 2 rings (SSSR count). The number of hydrogen-bond acceptors (Lipinski definition) is 1. The molecule has 0 bridgehead atoms.